The van der Waals surface area contributed by atoms with Crippen LogP contribution in [-0.2, 0) is 6.42 Å². The van der Waals surface area contributed by atoms with Gasteiger partial charge in [0.2, 0.25) is 0 Å². The second kappa shape index (κ2) is 4.65. The number of hydrogen-bond acceptors (Lipinski definition) is 3. The van der Waals surface area contributed by atoms with Crippen LogP contribution >= 0.6 is 0 Å². The molecule has 2 aromatic rings. The molecule has 94 valence electrons. The van der Waals surface area contributed by atoms with Crippen LogP contribution in [0.3, 0.4) is 0 Å². The number of aromatic nitrogens is 2. The third kappa shape index (κ3) is 2.10. The van der Waals surface area contributed by atoms with Gasteiger partial charge >= 0.3 is 0 Å². The van der Waals surface area contributed by atoms with Gasteiger partial charge in [-0.3, -0.25) is 4.98 Å². The molecule has 1 aromatic heterocycles. The lowest BCUT2D eigenvalue weighted by Crippen LogP contribution is -2.41. The first-order valence-corrected chi connectivity index (χ1v) is 6.77. The molecule has 1 fully saturated rings. The number of nitrogens with zero attached hydrogens (tertiary/aromatic N) is 2. The van der Waals surface area contributed by atoms with Crippen LogP contribution in [0.5, 0.6) is 0 Å². The molecule has 0 saturated carbocycles. The van der Waals surface area contributed by atoms with Crippen molar-refractivity contribution in [2.45, 2.75) is 38.1 Å². The second-order valence-corrected chi connectivity index (χ2v) is 5.19. The quantitative estimate of drug-likeness (QED) is 0.897. The van der Waals surface area contributed by atoms with Crippen LogP contribution in [-0.4, -0.2) is 22.1 Å². The topological polar surface area (TPSA) is 37.8 Å². The molecule has 0 bridgehead atoms. The molecule has 1 N–H and O–H groups in total. The van der Waals surface area contributed by atoms with E-state index in [0.717, 1.165) is 36.1 Å². The molecule has 1 unspecified atom stereocenters. The zero-order valence-corrected chi connectivity index (χ0v) is 10.8. The molecular weight excluding hydrogens is 222 g/mol. The minimum absolute atomic E-state index is 0.247. The molecule has 1 aliphatic heterocycles. The maximum absolute atomic E-state index is 4.73. The Morgan fingerprint density at radius 2 is 2.11 bits per heavy atom. The summed E-state index contributed by atoms with van der Waals surface area (Å²) in [4.78, 5) is 9.23. The zero-order valence-electron chi connectivity index (χ0n) is 10.8. The van der Waals surface area contributed by atoms with E-state index in [1.54, 1.807) is 0 Å². The van der Waals surface area contributed by atoms with Crippen LogP contribution < -0.4 is 5.32 Å². The second-order valence-electron chi connectivity index (χ2n) is 5.19. The summed E-state index contributed by atoms with van der Waals surface area (Å²) < 4.78 is 0. The molecule has 1 saturated heterocycles. The highest BCUT2D eigenvalue weighted by Gasteiger charge is 2.32. The predicted octanol–water partition coefficient (Wildman–Crippen LogP) is 2.70. The maximum Gasteiger partial charge on any atom is 0.0890 e. The summed E-state index contributed by atoms with van der Waals surface area (Å²) in [6, 6.07) is 8.06. The Labute approximate surface area is 108 Å². The van der Waals surface area contributed by atoms with Crippen LogP contribution in [0.15, 0.2) is 30.5 Å². The Hall–Kier alpha value is -1.48. The molecule has 0 amide bonds. The van der Waals surface area contributed by atoms with Crippen molar-refractivity contribution in [3.8, 4) is 0 Å². The highest BCUT2D eigenvalue weighted by molar-refractivity contribution is 5.73. The van der Waals surface area contributed by atoms with E-state index in [0.29, 0.717) is 0 Å². The zero-order chi connectivity index (χ0) is 12.4. The summed E-state index contributed by atoms with van der Waals surface area (Å²) in [5.41, 5.74) is 3.33. The van der Waals surface area contributed by atoms with Crippen molar-refractivity contribution in [1.29, 1.82) is 0 Å². The smallest absolute Gasteiger partial charge is 0.0890 e. The van der Waals surface area contributed by atoms with Crippen LogP contribution in [0.2, 0.25) is 0 Å². The minimum atomic E-state index is 0.247. The summed E-state index contributed by atoms with van der Waals surface area (Å²) in [6.07, 6.45) is 6.59. The molecule has 1 aromatic carbocycles. The van der Waals surface area contributed by atoms with Gasteiger partial charge in [0.05, 0.1) is 16.7 Å². The summed E-state index contributed by atoms with van der Waals surface area (Å²) in [5.74, 6) is 0. The fourth-order valence-corrected chi connectivity index (χ4v) is 2.87. The molecule has 1 aliphatic rings. The summed E-state index contributed by atoms with van der Waals surface area (Å²) >= 11 is 0. The molecule has 0 spiro atoms. The summed E-state index contributed by atoms with van der Waals surface area (Å²) in [6.45, 7) is 3.39. The van der Waals surface area contributed by atoms with Gasteiger partial charge < -0.3 is 5.32 Å². The van der Waals surface area contributed by atoms with E-state index in [-0.39, 0.29) is 5.54 Å². The van der Waals surface area contributed by atoms with Crippen molar-refractivity contribution in [2.75, 3.05) is 6.54 Å². The van der Waals surface area contributed by atoms with Gasteiger partial charge in [0.1, 0.15) is 0 Å². The van der Waals surface area contributed by atoms with E-state index in [1.807, 2.05) is 30.5 Å². The lowest BCUT2D eigenvalue weighted by Gasteiger charge is -2.27. The lowest BCUT2D eigenvalue weighted by atomic mass is 9.89. The Kier molecular flexibility index (Phi) is 3.00. The van der Waals surface area contributed by atoms with Crippen molar-refractivity contribution in [3.63, 3.8) is 0 Å². The summed E-state index contributed by atoms with van der Waals surface area (Å²) in [7, 11) is 0. The van der Waals surface area contributed by atoms with Crippen molar-refractivity contribution >= 4 is 11.0 Å². The van der Waals surface area contributed by atoms with Crippen LogP contribution in [0.1, 0.15) is 31.9 Å². The molecule has 3 heteroatoms. The van der Waals surface area contributed by atoms with E-state index in [9.17, 15) is 0 Å². The number of benzene rings is 1. The number of nitrogens with one attached hydrogen (secondary N) is 1. The van der Waals surface area contributed by atoms with Gasteiger partial charge in [0.25, 0.3) is 0 Å². The van der Waals surface area contributed by atoms with Gasteiger partial charge in [0, 0.05) is 18.2 Å². The third-order valence-electron chi connectivity index (χ3n) is 4.03. The number of rotatable bonds is 3. The predicted molar refractivity (Wildman–Crippen MR) is 73.5 cm³/mol. The number of hydrogen-bond donors (Lipinski definition) is 1. The third-order valence-corrected chi connectivity index (χ3v) is 4.03. The Morgan fingerprint density at radius 3 is 2.83 bits per heavy atom. The first kappa shape index (κ1) is 11.6. The van der Waals surface area contributed by atoms with Gasteiger partial charge in [-0.15, -0.1) is 0 Å². The molecule has 0 radical (unpaired) electrons. The van der Waals surface area contributed by atoms with Crippen LogP contribution in [0.25, 0.3) is 11.0 Å². The van der Waals surface area contributed by atoms with E-state index >= 15 is 0 Å². The van der Waals surface area contributed by atoms with Crippen molar-refractivity contribution in [1.82, 2.24) is 15.3 Å². The van der Waals surface area contributed by atoms with E-state index in [1.165, 1.54) is 12.8 Å². The molecule has 3 nitrogen and oxygen atoms in total. The average Bonchev–Trinajstić information content (AvgIpc) is 2.88. The monoisotopic (exact) mass is 241 g/mol. The molecule has 1 atom stereocenters. The highest BCUT2D eigenvalue weighted by atomic mass is 15.0. The summed E-state index contributed by atoms with van der Waals surface area (Å²) in [5, 5.41) is 3.65. The number of para-hydroxylation sites is 2. The molecule has 2 heterocycles. The van der Waals surface area contributed by atoms with Gasteiger partial charge in [-0.1, -0.05) is 19.1 Å². The van der Waals surface area contributed by atoms with Crippen molar-refractivity contribution < 1.29 is 0 Å². The minimum Gasteiger partial charge on any atom is -0.311 e. The molecule has 18 heavy (non-hydrogen) atoms. The lowest BCUT2D eigenvalue weighted by molar-refractivity contribution is 0.356. The van der Waals surface area contributed by atoms with Gasteiger partial charge in [-0.05, 0) is 37.9 Å². The first-order valence-electron chi connectivity index (χ1n) is 6.77. The van der Waals surface area contributed by atoms with Gasteiger partial charge in [0.15, 0.2) is 0 Å². The van der Waals surface area contributed by atoms with Crippen LogP contribution in [0, 0.1) is 0 Å². The SMILES string of the molecule is CCC1(Cc2cnc3ccccc3n2)CCCN1. The van der Waals surface area contributed by atoms with E-state index in [4.69, 9.17) is 4.98 Å². The van der Waals surface area contributed by atoms with Crippen LogP contribution in [0.4, 0.5) is 0 Å². The fourth-order valence-electron chi connectivity index (χ4n) is 2.87. The normalized spacial score (nSPS) is 23.6. The highest BCUT2D eigenvalue weighted by Crippen LogP contribution is 2.26. The van der Waals surface area contributed by atoms with E-state index in [2.05, 4.69) is 17.2 Å². The Balaban J connectivity index is 1.90. The number of fused-ring (bicyclic) bond motifs is 1. The van der Waals surface area contributed by atoms with Crippen molar-refractivity contribution in [2.24, 2.45) is 0 Å². The van der Waals surface area contributed by atoms with Gasteiger partial charge in [-0.25, -0.2) is 4.98 Å². The largest absolute Gasteiger partial charge is 0.311 e. The fraction of sp³-hybridized carbons (Fsp3) is 0.467. The standard InChI is InChI=1S/C15H19N3/c1-2-15(8-5-9-17-15)10-12-11-16-13-6-3-4-7-14(13)18-12/h3-4,6-7,11,17H,2,5,8-10H2,1H3. The maximum atomic E-state index is 4.73. The Bertz CT molecular complexity index is 544. The molecule has 3 rings (SSSR count). The van der Waals surface area contributed by atoms with E-state index < -0.39 is 0 Å². The Morgan fingerprint density at radius 1 is 1.28 bits per heavy atom. The average molecular weight is 241 g/mol. The van der Waals surface area contributed by atoms with Crippen molar-refractivity contribution in [3.05, 3.63) is 36.2 Å². The molecule has 0 aliphatic carbocycles. The first-order chi connectivity index (χ1) is 8.81. The molecular formula is C15H19N3. The van der Waals surface area contributed by atoms with Gasteiger partial charge in [-0.2, -0.15) is 0 Å².